The Labute approximate surface area is 165 Å². The monoisotopic (exact) mass is 395 g/mol. The van der Waals surface area contributed by atoms with E-state index < -0.39 is 11.5 Å². The summed E-state index contributed by atoms with van der Waals surface area (Å²) in [4.78, 5) is 26.9. The summed E-state index contributed by atoms with van der Waals surface area (Å²) in [5.74, 6) is 0.107. The molecule has 1 aromatic heterocycles. The standard InChI is InChI=1S/C20H18FN5O3/c1-29-16-8-2-13(3-9-16)12-22-18(27)17-19(28)26-11-10-25(20(26)24-23-17)15-6-4-14(21)5-7-15/h2-9H,10-12H2,1H3,(H,22,27). The Morgan fingerprint density at radius 2 is 1.83 bits per heavy atom. The highest BCUT2D eigenvalue weighted by Crippen LogP contribution is 2.26. The fourth-order valence-corrected chi connectivity index (χ4v) is 3.13. The molecule has 8 nitrogen and oxygen atoms in total. The number of anilines is 2. The van der Waals surface area contributed by atoms with Crippen molar-refractivity contribution in [2.75, 3.05) is 18.6 Å². The molecule has 0 saturated carbocycles. The molecule has 0 saturated heterocycles. The first-order valence-corrected chi connectivity index (χ1v) is 8.98. The smallest absolute Gasteiger partial charge is 0.286 e. The predicted octanol–water partition coefficient (Wildman–Crippen LogP) is 1.87. The number of rotatable bonds is 5. The highest BCUT2D eigenvalue weighted by atomic mass is 19.1. The van der Waals surface area contributed by atoms with Crippen LogP contribution in [-0.2, 0) is 13.1 Å². The van der Waals surface area contributed by atoms with E-state index in [1.807, 2.05) is 12.1 Å². The van der Waals surface area contributed by atoms with Crippen LogP contribution >= 0.6 is 0 Å². The second-order valence-corrected chi connectivity index (χ2v) is 6.46. The van der Waals surface area contributed by atoms with Crippen LogP contribution in [0, 0.1) is 5.82 Å². The normalized spacial score (nSPS) is 12.6. The molecule has 2 heterocycles. The molecule has 0 fully saturated rings. The van der Waals surface area contributed by atoms with Crippen molar-refractivity contribution in [2.45, 2.75) is 13.1 Å². The SMILES string of the molecule is COc1ccc(CNC(=O)c2nnc3n(c2=O)CCN3c2ccc(F)cc2)cc1. The van der Waals surface area contributed by atoms with E-state index >= 15 is 0 Å². The van der Waals surface area contributed by atoms with E-state index in [9.17, 15) is 14.0 Å². The summed E-state index contributed by atoms with van der Waals surface area (Å²) in [7, 11) is 1.58. The summed E-state index contributed by atoms with van der Waals surface area (Å²) >= 11 is 0. The predicted molar refractivity (Wildman–Crippen MR) is 104 cm³/mol. The van der Waals surface area contributed by atoms with E-state index in [2.05, 4.69) is 15.5 Å². The Kier molecular flexibility index (Phi) is 4.94. The third-order valence-electron chi connectivity index (χ3n) is 4.68. The van der Waals surface area contributed by atoms with Crippen molar-refractivity contribution in [1.29, 1.82) is 0 Å². The molecule has 4 rings (SSSR count). The molecule has 0 unspecified atom stereocenters. The van der Waals surface area contributed by atoms with Crippen LogP contribution in [0.2, 0.25) is 0 Å². The van der Waals surface area contributed by atoms with Crippen LogP contribution < -0.4 is 20.5 Å². The first-order chi connectivity index (χ1) is 14.1. The fourth-order valence-electron chi connectivity index (χ4n) is 3.13. The number of amides is 1. The number of carbonyl (C=O) groups excluding carboxylic acids is 1. The second kappa shape index (κ2) is 7.70. The number of carbonyl (C=O) groups is 1. The average Bonchev–Trinajstić information content (AvgIpc) is 3.18. The van der Waals surface area contributed by atoms with E-state index in [-0.39, 0.29) is 18.1 Å². The number of halogens is 1. The van der Waals surface area contributed by atoms with Gasteiger partial charge in [0.25, 0.3) is 11.5 Å². The second-order valence-electron chi connectivity index (χ2n) is 6.46. The van der Waals surface area contributed by atoms with Crippen LogP contribution in [0.4, 0.5) is 16.0 Å². The number of hydrogen-bond donors (Lipinski definition) is 1. The maximum Gasteiger partial charge on any atom is 0.286 e. The van der Waals surface area contributed by atoms with Crippen molar-refractivity contribution >= 4 is 17.5 Å². The minimum atomic E-state index is -0.589. The lowest BCUT2D eigenvalue weighted by atomic mass is 10.2. The summed E-state index contributed by atoms with van der Waals surface area (Å²) in [5, 5.41) is 10.6. The molecule has 3 aromatic rings. The number of fused-ring (bicyclic) bond motifs is 1. The van der Waals surface area contributed by atoms with Crippen molar-refractivity contribution in [1.82, 2.24) is 20.1 Å². The van der Waals surface area contributed by atoms with Crippen LogP contribution in [0.3, 0.4) is 0 Å². The van der Waals surface area contributed by atoms with E-state index in [1.165, 1.54) is 16.7 Å². The van der Waals surface area contributed by atoms with Gasteiger partial charge in [-0.3, -0.25) is 14.2 Å². The Morgan fingerprint density at radius 3 is 2.52 bits per heavy atom. The van der Waals surface area contributed by atoms with Gasteiger partial charge in [-0.15, -0.1) is 10.2 Å². The zero-order chi connectivity index (χ0) is 20.4. The van der Waals surface area contributed by atoms with Crippen molar-refractivity contribution in [3.63, 3.8) is 0 Å². The molecular weight excluding hydrogens is 377 g/mol. The van der Waals surface area contributed by atoms with Gasteiger partial charge in [-0.2, -0.15) is 0 Å². The van der Waals surface area contributed by atoms with Gasteiger partial charge < -0.3 is 15.0 Å². The highest BCUT2D eigenvalue weighted by molar-refractivity contribution is 5.91. The molecule has 2 aromatic carbocycles. The van der Waals surface area contributed by atoms with Gasteiger partial charge in [0.2, 0.25) is 11.6 Å². The first kappa shape index (κ1) is 18.6. The Hall–Kier alpha value is -3.75. The number of nitrogens with one attached hydrogen (secondary N) is 1. The molecule has 1 N–H and O–H groups in total. The van der Waals surface area contributed by atoms with Gasteiger partial charge in [-0.25, -0.2) is 4.39 Å². The number of hydrogen-bond acceptors (Lipinski definition) is 6. The number of ether oxygens (including phenoxy) is 1. The summed E-state index contributed by atoms with van der Waals surface area (Å²) in [6.45, 7) is 1.08. The Balaban J connectivity index is 1.51. The molecule has 0 aliphatic carbocycles. The van der Waals surface area contributed by atoms with E-state index in [0.717, 1.165) is 5.56 Å². The lowest BCUT2D eigenvalue weighted by Gasteiger charge is -2.16. The third-order valence-corrected chi connectivity index (χ3v) is 4.68. The lowest BCUT2D eigenvalue weighted by molar-refractivity contribution is 0.0942. The molecule has 1 aliphatic rings. The number of nitrogens with zero attached hydrogens (tertiary/aromatic N) is 4. The number of methoxy groups -OCH3 is 1. The number of benzene rings is 2. The zero-order valence-corrected chi connectivity index (χ0v) is 15.6. The molecule has 0 bridgehead atoms. The van der Waals surface area contributed by atoms with Crippen LogP contribution in [0.1, 0.15) is 16.1 Å². The summed E-state index contributed by atoms with van der Waals surface area (Å²) < 4.78 is 19.7. The maximum atomic E-state index is 13.2. The van der Waals surface area contributed by atoms with E-state index in [1.54, 1.807) is 36.3 Å². The molecule has 9 heteroatoms. The zero-order valence-electron chi connectivity index (χ0n) is 15.6. The minimum Gasteiger partial charge on any atom is -0.497 e. The van der Waals surface area contributed by atoms with E-state index in [0.29, 0.717) is 30.5 Å². The van der Waals surface area contributed by atoms with Crippen molar-refractivity contribution in [3.05, 3.63) is 76.0 Å². The van der Waals surface area contributed by atoms with Gasteiger partial charge in [0.1, 0.15) is 11.6 Å². The molecule has 1 aliphatic heterocycles. The largest absolute Gasteiger partial charge is 0.497 e. The van der Waals surface area contributed by atoms with Gasteiger partial charge in [0, 0.05) is 25.3 Å². The minimum absolute atomic E-state index is 0.243. The third kappa shape index (κ3) is 3.66. The molecule has 29 heavy (non-hydrogen) atoms. The van der Waals surface area contributed by atoms with Gasteiger partial charge >= 0.3 is 0 Å². The Morgan fingerprint density at radius 1 is 1.10 bits per heavy atom. The van der Waals surface area contributed by atoms with Gasteiger partial charge in [0.15, 0.2) is 0 Å². The molecular formula is C20H18FN5O3. The lowest BCUT2D eigenvalue weighted by Crippen LogP contribution is -2.34. The average molecular weight is 395 g/mol. The highest BCUT2D eigenvalue weighted by Gasteiger charge is 2.27. The fraction of sp³-hybridized carbons (Fsp3) is 0.200. The van der Waals surface area contributed by atoms with Crippen molar-refractivity contribution in [3.8, 4) is 5.75 Å². The summed E-state index contributed by atoms with van der Waals surface area (Å²) in [5.41, 5.74) is 0.786. The topological polar surface area (TPSA) is 89.3 Å². The van der Waals surface area contributed by atoms with Crippen molar-refractivity contribution < 1.29 is 13.9 Å². The Bertz CT molecular complexity index is 1100. The summed E-state index contributed by atoms with van der Waals surface area (Å²) in [6, 6.07) is 13.1. The van der Waals surface area contributed by atoms with Crippen LogP contribution in [-0.4, -0.2) is 34.3 Å². The summed E-state index contributed by atoms with van der Waals surface area (Å²) in [6.07, 6.45) is 0. The maximum absolute atomic E-state index is 13.2. The molecule has 148 valence electrons. The van der Waals surface area contributed by atoms with Gasteiger partial charge in [0.05, 0.1) is 7.11 Å². The van der Waals surface area contributed by atoms with Crippen LogP contribution in [0.5, 0.6) is 5.75 Å². The first-order valence-electron chi connectivity index (χ1n) is 8.98. The van der Waals surface area contributed by atoms with E-state index in [4.69, 9.17) is 4.74 Å². The molecule has 0 atom stereocenters. The van der Waals surface area contributed by atoms with Crippen LogP contribution in [0.25, 0.3) is 0 Å². The van der Waals surface area contributed by atoms with Gasteiger partial charge in [-0.05, 0) is 42.0 Å². The molecule has 0 radical (unpaired) electrons. The van der Waals surface area contributed by atoms with Crippen molar-refractivity contribution in [2.24, 2.45) is 0 Å². The molecule has 0 spiro atoms. The quantitative estimate of drug-likeness (QED) is 0.710. The number of aromatic nitrogens is 3. The van der Waals surface area contributed by atoms with Crippen LogP contribution in [0.15, 0.2) is 53.3 Å². The molecule has 1 amide bonds. The van der Waals surface area contributed by atoms with Gasteiger partial charge in [-0.1, -0.05) is 12.1 Å².